The molecular formula is C7H15N3. The molecule has 2 rings (SSSR count). The highest BCUT2D eigenvalue weighted by Crippen LogP contribution is 2.52. The second-order valence-corrected chi connectivity index (χ2v) is 3.75. The van der Waals surface area contributed by atoms with Crippen LogP contribution in [-0.2, 0) is 0 Å². The molecule has 2 aliphatic rings. The standard InChI is InChI=1S/C7H15N3/c1-10-2-5-6(3-10)7(5,9)4-8/h5-6H,2-4,8-9H2,1H3/t5-,6+,7?. The molecule has 10 heavy (non-hydrogen) atoms. The molecule has 1 heterocycles. The van der Waals surface area contributed by atoms with Gasteiger partial charge in [0.25, 0.3) is 0 Å². The number of hydrogen-bond acceptors (Lipinski definition) is 3. The third-order valence-corrected chi connectivity index (χ3v) is 3.13. The summed E-state index contributed by atoms with van der Waals surface area (Å²) >= 11 is 0. The molecule has 1 aliphatic heterocycles. The summed E-state index contributed by atoms with van der Waals surface area (Å²) in [6, 6.07) is 0. The summed E-state index contributed by atoms with van der Waals surface area (Å²) in [5.41, 5.74) is 11.6. The first-order valence-electron chi connectivity index (χ1n) is 3.86. The van der Waals surface area contributed by atoms with Crippen LogP contribution in [-0.4, -0.2) is 37.1 Å². The second kappa shape index (κ2) is 1.72. The maximum Gasteiger partial charge on any atom is 0.0368 e. The van der Waals surface area contributed by atoms with Crippen molar-refractivity contribution in [3.8, 4) is 0 Å². The molecule has 3 heteroatoms. The summed E-state index contributed by atoms with van der Waals surface area (Å²) in [7, 11) is 2.14. The first-order chi connectivity index (χ1) is 4.68. The van der Waals surface area contributed by atoms with E-state index in [4.69, 9.17) is 11.5 Å². The van der Waals surface area contributed by atoms with Gasteiger partial charge in [-0.15, -0.1) is 0 Å². The van der Waals surface area contributed by atoms with Crippen LogP contribution in [0, 0.1) is 11.8 Å². The fraction of sp³-hybridized carbons (Fsp3) is 1.00. The van der Waals surface area contributed by atoms with Gasteiger partial charge in [0.05, 0.1) is 0 Å². The Bertz CT molecular complexity index is 145. The van der Waals surface area contributed by atoms with Gasteiger partial charge >= 0.3 is 0 Å². The monoisotopic (exact) mass is 141 g/mol. The molecule has 0 spiro atoms. The van der Waals surface area contributed by atoms with Crippen molar-refractivity contribution in [2.75, 3.05) is 26.7 Å². The largest absolute Gasteiger partial charge is 0.329 e. The van der Waals surface area contributed by atoms with Gasteiger partial charge in [-0.05, 0) is 18.9 Å². The predicted octanol–water partition coefficient (Wildman–Crippen LogP) is -1.17. The Hall–Kier alpha value is -0.120. The predicted molar refractivity (Wildman–Crippen MR) is 40.4 cm³/mol. The molecule has 3 nitrogen and oxygen atoms in total. The van der Waals surface area contributed by atoms with Gasteiger partial charge in [-0.1, -0.05) is 0 Å². The number of fused-ring (bicyclic) bond motifs is 1. The Labute approximate surface area is 61.4 Å². The van der Waals surface area contributed by atoms with Crippen LogP contribution in [0.2, 0.25) is 0 Å². The van der Waals surface area contributed by atoms with E-state index in [9.17, 15) is 0 Å². The average Bonchev–Trinajstić information content (AvgIpc) is 2.28. The Morgan fingerprint density at radius 2 is 2.00 bits per heavy atom. The minimum absolute atomic E-state index is 0.0203. The molecule has 1 unspecified atom stereocenters. The molecule has 1 saturated heterocycles. The van der Waals surface area contributed by atoms with Crippen LogP contribution in [0.25, 0.3) is 0 Å². The van der Waals surface area contributed by atoms with Crippen molar-refractivity contribution in [2.24, 2.45) is 23.3 Å². The molecule has 0 bridgehead atoms. The van der Waals surface area contributed by atoms with Crippen LogP contribution < -0.4 is 11.5 Å². The number of hydrogen-bond donors (Lipinski definition) is 2. The van der Waals surface area contributed by atoms with Gasteiger partial charge < -0.3 is 16.4 Å². The van der Waals surface area contributed by atoms with Gasteiger partial charge in [-0.2, -0.15) is 0 Å². The highest BCUT2D eigenvalue weighted by atomic mass is 15.2. The lowest BCUT2D eigenvalue weighted by atomic mass is 10.2. The molecule has 1 aliphatic carbocycles. The average molecular weight is 141 g/mol. The van der Waals surface area contributed by atoms with E-state index in [2.05, 4.69) is 11.9 Å². The quantitative estimate of drug-likeness (QED) is 0.484. The number of nitrogens with zero attached hydrogens (tertiary/aromatic N) is 1. The molecule has 0 aromatic carbocycles. The van der Waals surface area contributed by atoms with E-state index in [1.807, 2.05) is 0 Å². The topological polar surface area (TPSA) is 55.3 Å². The van der Waals surface area contributed by atoms with Gasteiger partial charge in [0.2, 0.25) is 0 Å². The number of nitrogens with two attached hydrogens (primary N) is 2. The summed E-state index contributed by atoms with van der Waals surface area (Å²) < 4.78 is 0. The molecule has 0 aromatic heterocycles. The minimum atomic E-state index is 0.0203. The normalized spacial score (nSPS) is 53.1. The fourth-order valence-electron chi connectivity index (χ4n) is 2.27. The summed E-state index contributed by atoms with van der Waals surface area (Å²) in [5.74, 6) is 1.39. The van der Waals surface area contributed by atoms with Crippen molar-refractivity contribution in [2.45, 2.75) is 5.54 Å². The molecule has 4 N–H and O–H groups in total. The van der Waals surface area contributed by atoms with Gasteiger partial charge in [0, 0.05) is 25.2 Å². The lowest BCUT2D eigenvalue weighted by molar-refractivity contribution is 0.327. The SMILES string of the molecule is CN1C[C@@H]2[C@H](C1)C2(N)CN. The van der Waals surface area contributed by atoms with E-state index in [0.29, 0.717) is 18.4 Å². The molecule has 0 amide bonds. The Morgan fingerprint density at radius 3 is 2.40 bits per heavy atom. The molecule has 0 radical (unpaired) electrons. The van der Waals surface area contributed by atoms with Gasteiger partial charge in [-0.3, -0.25) is 0 Å². The maximum atomic E-state index is 6.01. The van der Waals surface area contributed by atoms with E-state index >= 15 is 0 Å². The first kappa shape index (κ1) is 6.58. The molecule has 58 valence electrons. The highest BCUT2D eigenvalue weighted by Gasteiger charge is 2.64. The third-order valence-electron chi connectivity index (χ3n) is 3.13. The zero-order chi connectivity index (χ0) is 7.35. The van der Waals surface area contributed by atoms with Gasteiger partial charge in [-0.25, -0.2) is 0 Å². The molecule has 3 atom stereocenters. The summed E-state index contributed by atoms with van der Waals surface area (Å²) in [4.78, 5) is 2.33. The summed E-state index contributed by atoms with van der Waals surface area (Å²) in [5, 5.41) is 0. The van der Waals surface area contributed by atoms with E-state index in [-0.39, 0.29) is 5.54 Å². The molecular weight excluding hydrogens is 126 g/mol. The van der Waals surface area contributed by atoms with Gasteiger partial charge in [0.15, 0.2) is 0 Å². The fourth-order valence-corrected chi connectivity index (χ4v) is 2.27. The number of likely N-dealkylation sites (tertiary alicyclic amines) is 1. The van der Waals surface area contributed by atoms with Crippen molar-refractivity contribution >= 4 is 0 Å². The molecule has 1 saturated carbocycles. The highest BCUT2D eigenvalue weighted by molar-refractivity contribution is 5.21. The smallest absolute Gasteiger partial charge is 0.0368 e. The van der Waals surface area contributed by atoms with Crippen LogP contribution >= 0.6 is 0 Å². The Morgan fingerprint density at radius 1 is 1.50 bits per heavy atom. The van der Waals surface area contributed by atoms with Crippen molar-refractivity contribution in [3.63, 3.8) is 0 Å². The van der Waals surface area contributed by atoms with Crippen molar-refractivity contribution in [1.82, 2.24) is 4.90 Å². The zero-order valence-electron chi connectivity index (χ0n) is 6.38. The lowest BCUT2D eigenvalue weighted by Crippen LogP contribution is -2.42. The van der Waals surface area contributed by atoms with Crippen LogP contribution in [0.3, 0.4) is 0 Å². The van der Waals surface area contributed by atoms with Gasteiger partial charge in [0.1, 0.15) is 0 Å². The lowest BCUT2D eigenvalue weighted by Gasteiger charge is -2.18. The van der Waals surface area contributed by atoms with E-state index in [1.54, 1.807) is 0 Å². The number of rotatable bonds is 1. The van der Waals surface area contributed by atoms with E-state index in [0.717, 1.165) is 13.1 Å². The van der Waals surface area contributed by atoms with Crippen LogP contribution in [0.4, 0.5) is 0 Å². The van der Waals surface area contributed by atoms with E-state index in [1.165, 1.54) is 0 Å². The summed E-state index contributed by atoms with van der Waals surface area (Å²) in [6.07, 6.45) is 0. The number of piperidine rings is 1. The van der Waals surface area contributed by atoms with Crippen LogP contribution in [0.5, 0.6) is 0 Å². The first-order valence-corrected chi connectivity index (χ1v) is 3.86. The van der Waals surface area contributed by atoms with Crippen molar-refractivity contribution in [1.29, 1.82) is 0 Å². The van der Waals surface area contributed by atoms with Crippen LogP contribution in [0.15, 0.2) is 0 Å². The Kier molecular flexibility index (Phi) is 1.14. The zero-order valence-corrected chi connectivity index (χ0v) is 6.38. The van der Waals surface area contributed by atoms with Crippen molar-refractivity contribution < 1.29 is 0 Å². The Balaban J connectivity index is 2.02. The van der Waals surface area contributed by atoms with Crippen LogP contribution in [0.1, 0.15) is 0 Å². The second-order valence-electron chi connectivity index (χ2n) is 3.75. The third kappa shape index (κ3) is 0.603. The maximum absolute atomic E-state index is 6.01. The molecule has 0 aromatic rings. The summed E-state index contributed by atoms with van der Waals surface area (Å²) in [6.45, 7) is 2.97. The van der Waals surface area contributed by atoms with Crippen molar-refractivity contribution in [3.05, 3.63) is 0 Å². The molecule has 2 fully saturated rings. The van der Waals surface area contributed by atoms with E-state index < -0.39 is 0 Å². The minimum Gasteiger partial charge on any atom is -0.329 e.